The van der Waals surface area contributed by atoms with Crippen LogP contribution in [0, 0.1) is 15.9 Å². The first-order valence-corrected chi connectivity index (χ1v) is 11.0. The van der Waals surface area contributed by atoms with E-state index in [0.29, 0.717) is 5.16 Å². The zero-order valence-electron chi connectivity index (χ0n) is 17.6. The van der Waals surface area contributed by atoms with Gasteiger partial charge in [-0.05, 0) is 58.6 Å². The van der Waals surface area contributed by atoms with Gasteiger partial charge in [-0.25, -0.2) is 14.1 Å². The Bertz CT molecular complexity index is 1210. The lowest BCUT2D eigenvalue weighted by atomic mass is 9.99. The Kier molecular flexibility index (Phi) is 6.60. The van der Waals surface area contributed by atoms with Gasteiger partial charge in [0.25, 0.3) is 11.6 Å². The molecule has 0 spiro atoms. The predicted octanol–water partition coefficient (Wildman–Crippen LogP) is 3.21. The Morgan fingerprint density at radius 3 is 2.73 bits per heavy atom. The van der Waals surface area contributed by atoms with Crippen molar-refractivity contribution in [2.45, 2.75) is 48.3 Å². The second-order valence-electron chi connectivity index (χ2n) is 7.61. The summed E-state index contributed by atoms with van der Waals surface area (Å²) in [4.78, 5) is 28.1. The van der Waals surface area contributed by atoms with Crippen LogP contribution in [-0.4, -0.2) is 41.1 Å². The number of aryl methyl sites for hydroxylation is 1. The minimum atomic E-state index is -0.791. The Morgan fingerprint density at radius 2 is 2.12 bits per heavy atom. The van der Waals surface area contributed by atoms with Crippen LogP contribution in [0.5, 0.6) is 0 Å². The first-order chi connectivity index (χ1) is 15.9. The third kappa shape index (κ3) is 4.83. The number of hydrogen-bond donors (Lipinski definition) is 2. The van der Waals surface area contributed by atoms with Crippen LogP contribution in [-0.2, 0) is 13.7 Å². The molecule has 4 rings (SSSR count). The number of nitrogens with zero attached hydrogens (tertiary/aromatic N) is 6. The maximum Gasteiger partial charge on any atom is 0.275 e. The highest BCUT2D eigenvalue weighted by Crippen LogP contribution is 2.36. The number of carbonyl (C=O) groups excluding carboxylic acids is 1. The number of anilines is 1. The summed E-state index contributed by atoms with van der Waals surface area (Å²) in [6, 6.07) is 3.73. The molecular weight excluding hydrogens is 453 g/mol. The molecule has 1 aliphatic carbocycles. The molecule has 1 fully saturated rings. The molecule has 1 aliphatic rings. The molecule has 3 aromatic rings. The van der Waals surface area contributed by atoms with Gasteiger partial charge < -0.3 is 10.4 Å². The fourth-order valence-electron chi connectivity index (χ4n) is 3.78. The van der Waals surface area contributed by atoms with Crippen molar-refractivity contribution < 1.29 is 19.2 Å². The van der Waals surface area contributed by atoms with E-state index in [9.17, 15) is 24.4 Å². The second kappa shape index (κ2) is 9.58. The van der Waals surface area contributed by atoms with Gasteiger partial charge >= 0.3 is 0 Å². The van der Waals surface area contributed by atoms with E-state index in [4.69, 9.17) is 0 Å². The lowest BCUT2D eigenvalue weighted by Crippen LogP contribution is -2.16. The van der Waals surface area contributed by atoms with Crippen LogP contribution in [0.4, 0.5) is 15.9 Å². The van der Waals surface area contributed by atoms with Crippen molar-refractivity contribution in [1.82, 2.24) is 25.2 Å². The minimum absolute atomic E-state index is 0.0133. The van der Waals surface area contributed by atoms with Crippen LogP contribution in [0.3, 0.4) is 0 Å². The Morgan fingerprint density at radius 1 is 1.36 bits per heavy atom. The third-order valence-electron chi connectivity index (χ3n) is 5.50. The number of pyridine rings is 1. The summed E-state index contributed by atoms with van der Waals surface area (Å²) in [6.07, 6.45) is 5.69. The number of carbonyl (C=O) groups is 1. The number of nitro benzene ring substituents is 1. The van der Waals surface area contributed by atoms with Crippen LogP contribution < -0.4 is 5.32 Å². The third-order valence-corrected chi connectivity index (χ3v) is 6.58. The number of amides is 1. The van der Waals surface area contributed by atoms with Crippen LogP contribution in [0.25, 0.3) is 0 Å². The molecule has 0 bridgehead atoms. The number of tetrazole rings is 1. The molecule has 2 aromatic heterocycles. The summed E-state index contributed by atoms with van der Waals surface area (Å²) in [6.45, 7) is -0.609. The number of benzene rings is 1. The van der Waals surface area contributed by atoms with Gasteiger partial charge in [0.1, 0.15) is 0 Å². The van der Waals surface area contributed by atoms with Crippen molar-refractivity contribution in [3.63, 3.8) is 0 Å². The molecule has 2 heterocycles. The van der Waals surface area contributed by atoms with Gasteiger partial charge in [0.05, 0.1) is 22.7 Å². The number of halogens is 1. The van der Waals surface area contributed by atoms with Crippen LogP contribution in [0.1, 0.15) is 53.1 Å². The molecule has 1 aromatic carbocycles. The number of hydrogen-bond acceptors (Lipinski definition) is 9. The zero-order chi connectivity index (χ0) is 23.5. The van der Waals surface area contributed by atoms with Crippen LogP contribution in [0.15, 0.2) is 34.4 Å². The summed E-state index contributed by atoms with van der Waals surface area (Å²) in [7, 11) is 1.59. The largest absolute Gasteiger partial charge is 0.391 e. The molecule has 0 aliphatic heterocycles. The maximum atomic E-state index is 14.7. The highest BCUT2D eigenvalue weighted by Gasteiger charge is 2.25. The quantitative estimate of drug-likeness (QED) is 0.389. The summed E-state index contributed by atoms with van der Waals surface area (Å²) in [5.74, 6) is -1.48. The van der Waals surface area contributed by atoms with E-state index in [0.717, 1.165) is 49.1 Å². The predicted molar refractivity (Wildman–Crippen MR) is 115 cm³/mol. The molecule has 0 radical (unpaired) electrons. The van der Waals surface area contributed by atoms with Gasteiger partial charge in [0.2, 0.25) is 5.16 Å². The first-order valence-electron chi connectivity index (χ1n) is 10.2. The lowest BCUT2D eigenvalue weighted by molar-refractivity contribution is -0.385. The van der Waals surface area contributed by atoms with Crippen molar-refractivity contribution >= 4 is 29.2 Å². The summed E-state index contributed by atoms with van der Waals surface area (Å²) < 4.78 is 16.1. The Hall–Kier alpha value is -3.45. The van der Waals surface area contributed by atoms with E-state index in [1.165, 1.54) is 16.8 Å². The normalized spacial score (nSPS) is 13.9. The average molecular weight is 473 g/mol. The molecule has 0 unspecified atom stereocenters. The molecule has 1 saturated carbocycles. The fraction of sp³-hybridized carbons (Fsp3) is 0.350. The number of aliphatic hydroxyl groups excluding tert-OH is 1. The molecule has 33 heavy (non-hydrogen) atoms. The van der Waals surface area contributed by atoms with Crippen LogP contribution >= 0.6 is 11.8 Å². The number of nitrogens with one attached hydrogen (secondary N) is 1. The number of rotatable bonds is 7. The second-order valence-corrected chi connectivity index (χ2v) is 8.62. The molecule has 13 heteroatoms. The fourth-order valence-corrected chi connectivity index (χ4v) is 4.68. The topological polar surface area (TPSA) is 149 Å². The lowest BCUT2D eigenvalue weighted by Gasteiger charge is -2.13. The summed E-state index contributed by atoms with van der Waals surface area (Å²) in [5, 5.41) is 34.8. The number of aromatic nitrogens is 5. The highest BCUT2D eigenvalue weighted by molar-refractivity contribution is 7.99. The first kappa shape index (κ1) is 22.7. The maximum absolute atomic E-state index is 14.7. The molecule has 0 atom stereocenters. The highest BCUT2D eigenvalue weighted by atomic mass is 32.2. The van der Waals surface area contributed by atoms with Gasteiger partial charge in [0, 0.05) is 24.2 Å². The summed E-state index contributed by atoms with van der Waals surface area (Å²) >= 11 is 0.978. The van der Waals surface area contributed by atoms with Gasteiger partial charge in [0.15, 0.2) is 11.6 Å². The molecule has 1 amide bonds. The van der Waals surface area contributed by atoms with Gasteiger partial charge in [-0.15, -0.1) is 5.10 Å². The van der Waals surface area contributed by atoms with E-state index in [1.807, 2.05) is 0 Å². The monoisotopic (exact) mass is 473 g/mol. The molecular formula is C20H20FN7O4S. The Balaban J connectivity index is 1.67. The summed E-state index contributed by atoms with van der Waals surface area (Å²) in [5.41, 5.74) is 0.262. The zero-order valence-corrected chi connectivity index (χ0v) is 18.4. The van der Waals surface area contributed by atoms with Crippen molar-refractivity contribution in [3.05, 3.63) is 57.0 Å². The van der Waals surface area contributed by atoms with E-state index in [-0.39, 0.29) is 27.8 Å². The standard InChI is InChI=1S/C20H20FN7O4S/c1-27-20(24-25-26-27)33-17-7-13(10-29)16(28(31)32)8-14(17)19(30)23-18-15(21)6-12(9-22-18)11-4-2-3-5-11/h6-9,11,29H,2-5,10H2,1H3,(H,22,23,30). The van der Waals surface area contributed by atoms with E-state index >= 15 is 0 Å². The Labute approximate surface area is 191 Å². The average Bonchev–Trinajstić information content (AvgIpc) is 3.47. The smallest absolute Gasteiger partial charge is 0.275 e. The van der Waals surface area contributed by atoms with Gasteiger partial charge in [-0.3, -0.25) is 14.9 Å². The SMILES string of the molecule is Cn1nnnc1Sc1cc(CO)c([N+](=O)[O-])cc1C(=O)Nc1ncc(C2CCCC2)cc1F. The van der Waals surface area contributed by atoms with E-state index in [1.54, 1.807) is 13.2 Å². The van der Waals surface area contributed by atoms with Crippen LogP contribution in [0.2, 0.25) is 0 Å². The molecule has 2 N–H and O–H groups in total. The number of nitro groups is 1. The van der Waals surface area contributed by atoms with Crippen molar-refractivity contribution in [1.29, 1.82) is 0 Å². The van der Waals surface area contributed by atoms with Gasteiger partial charge in [-0.1, -0.05) is 12.8 Å². The van der Waals surface area contributed by atoms with Crippen molar-refractivity contribution in [2.24, 2.45) is 7.05 Å². The molecule has 11 nitrogen and oxygen atoms in total. The number of aliphatic hydroxyl groups is 1. The minimum Gasteiger partial charge on any atom is -0.391 e. The van der Waals surface area contributed by atoms with E-state index < -0.39 is 28.9 Å². The van der Waals surface area contributed by atoms with Crippen molar-refractivity contribution in [2.75, 3.05) is 5.32 Å². The van der Waals surface area contributed by atoms with E-state index in [2.05, 4.69) is 25.8 Å². The molecule has 172 valence electrons. The molecule has 0 saturated heterocycles. The van der Waals surface area contributed by atoms with Crippen molar-refractivity contribution in [3.8, 4) is 0 Å². The van der Waals surface area contributed by atoms with Gasteiger partial charge in [-0.2, -0.15) is 0 Å².